The second-order valence-electron chi connectivity index (χ2n) is 23.9. The van der Waals surface area contributed by atoms with Gasteiger partial charge < -0.3 is 89.9 Å². The van der Waals surface area contributed by atoms with E-state index in [1.165, 1.54) is 180 Å². The first-order valence-electron chi connectivity index (χ1n) is 32.9. The van der Waals surface area contributed by atoms with E-state index in [0.717, 1.165) is 44.9 Å². The Kier molecular flexibility index (Phi) is 42.5. The number of amides is 1. The molecule has 19 nitrogen and oxygen atoms in total. The fourth-order valence-electron chi connectivity index (χ4n) is 11.4. The number of hydrogen-bond acceptors (Lipinski definition) is 18. The third-order valence-electron chi connectivity index (χ3n) is 16.8. The van der Waals surface area contributed by atoms with Crippen LogP contribution >= 0.6 is 0 Å². The summed E-state index contributed by atoms with van der Waals surface area (Å²) in [6, 6.07) is -0.967. The molecule has 3 fully saturated rings. The quantitative estimate of drug-likeness (QED) is 0.0210. The number of aliphatic hydroxyl groups excluding tert-OH is 11. The van der Waals surface area contributed by atoms with Crippen LogP contribution in [0.2, 0.25) is 0 Å². The van der Waals surface area contributed by atoms with Crippen molar-refractivity contribution in [2.75, 3.05) is 26.4 Å². The first-order chi connectivity index (χ1) is 39.8. The fourth-order valence-corrected chi connectivity index (χ4v) is 11.4. The Balaban J connectivity index is 1.44. The van der Waals surface area contributed by atoms with Gasteiger partial charge in [0, 0.05) is 6.42 Å². The molecule has 17 unspecified atom stereocenters. The number of rotatable bonds is 50. The lowest BCUT2D eigenvalue weighted by molar-refractivity contribution is -0.379. The molecule has 0 aliphatic carbocycles. The molecule has 0 radical (unpaired) electrons. The van der Waals surface area contributed by atoms with E-state index in [0.29, 0.717) is 6.42 Å². The number of ether oxygens (including phenoxy) is 6. The molecule has 17 atom stereocenters. The van der Waals surface area contributed by atoms with Crippen molar-refractivity contribution in [1.82, 2.24) is 5.32 Å². The van der Waals surface area contributed by atoms with Gasteiger partial charge in [0.15, 0.2) is 18.9 Å². The Bertz CT molecular complexity index is 1550. The van der Waals surface area contributed by atoms with Gasteiger partial charge in [-0.05, 0) is 19.3 Å². The highest BCUT2D eigenvalue weighted by Crippen LogP contribution is 2.33. The maximum atomic E-state index is 13.3. The average Bonchev–Trinajstić information content (AvgIpc) is 3.66. The maximum absolute atomic E-state index is 13.3. The van der Waals surface area contributed by atoms with Gasteiger partial charge in [0.1, 0.15) is 73.2 Å². The van der Waals surface area contributed by atoms with Gasteiger partial charge in [-0.15, -0.1) is 0 Å². The molecule has 0 saturated carbocycles. The lowest BCUT2D eigenvalue weighted by Gasteiger charge is -2.48. The van der Waals surface area contributed by atoms with E-state index in [4.69, 9.17) is 28.4 Å². The summed E-state index contributed by atoms with van der Waals surface area (Å²) >= 11 is 0. The van der Waals surface area contributed by atoms with Crippen LogP contribution in [0.3, 0.4) is 0 Å². The first kappa shape index (κ1) is 74.8. The highest BCUT2D eigenvalue weighted by atomic mass is 16.8. The summed E-state index contributed by atoms with van der Waals surface area (Å²) in [5, 5.41) is 120. The molecule has 1 amide bonds. The van der Waals surface area contributed by atoms with Crippen LogP contribution in [-0.2, 0) is 33.2 Å². The Labute approximate surface area is 493 Å². The van der Waals surface area contributed by atoms with Crippen molar-refractivity contribution in [3.8, 4) is 0 Å². The molecular weight excluding hydrogens is 1060 g/mol. The Hall–Kier alpha value is -1.47. The number of aliphatic hydroxyl groups is 11. The summed E-state index contributed by atoms with van der Waals surface area (Å²) in [6.45, 7) is 1.74. The van der Waals surface area contributed by atoms with Gasteiger partial charge in [0.05, 0.1) is 38.6 Å². The molecule has 0 bridgehead atoms. The molecule has 0 spiro atoms. The molecule has 19 heteroatoms. The summed E-state index contributed by atoms with van der Waals surface area (Å²) in [6.07, 6.45) is 22.0. The number of allylic oxidation sites excluding steroid dienone is 1. The lowest BCUT2D eigenvalue weighted by Crippen LogP contribution is -2.66. The summed E-state index contributed by atoms with van der Waals surface area (Å²) < 4.78 is 34.3. The highest BCUT2D eigenvalue weighted by Gasteiger charge is 2.53. The lowest BCUT2D eigenvalue weighted by atomic mass is 9.96. The summed E-state index contributed by atoms with van der Waals surface area (Å²) in [4.78, 5) is 13.3. The van der Waals surface area contributed by atoms with Crippen molar-refractivity contribution in [3.63, 3.8) is 0 Å². The summed E-state index contributed by atoms with van der Waals surface area (Å²) in [5.74, 6) is -0.273. The van der Waals surface area contributed by atoms with Gasteiger partial charge in [-0.1, -0.05) is 238 Å². The van der Waals surface area contributed by atoms with Crippen LogP contribution in [-0.4, -0.2) is 193 Å². The van der Waals surface area contributed by atoms with E-state index in [1.807, 2.05) is 6.08 Å². The molecule has 3 heterocycles. The van der Waals surface area contributed by atoms with Crippen LogP contribution in [0.1, 0.15) is 251 Å². The average molecular weight is 1180 g/mol. The molecule has 0 aromatic rings. The summed E-state index contributed by atoms with van der Waals surface area (Å²) in [7, 11) is 0. The van der Waals surface area contributed by atoms with E-state index in [1.54, 1.807) is 6.08 Å². The Morgan fingerprint density at radius 2 is 0.756 bits per heavy atom. The smallest absolute Gasteiger partial charge is 0.220 e. The zero-order chi connectivity index (χ0) is 59.7. The standard InChI is InChI=1S/C63H119NO18/c1-3-5-7-9-11-13-15-17-18-19-20-21-22-23-24-25-26-27-28-29-30-32-34-36-38-40-47(68)46(64-51(69)41-39-37-35-33-31-16-14-12-10-8-6-4-2)45-77-61-57(75)54(72)59(49(43-66)79-61)82-63-58(76)55(73)60(50(44-67)80-63)81-62-56(74)53(71)52(70)48(42-65)78-62/h38,40,46-50,52-63,65-68,70-76H,3-37,39,41-45H2,1-2H3,(H,64,69)/b40-38+. The predicted molar refractivity (Wildman–Crippen MR) is 314 cm³/mol. The van der Waals surface area contributed by atoms with Gasteiger partial charge in [-0.25, -0.2) is 0 Å². The number of hydrogen-bond donors (Lipinski definition) is 12. The molecule has 0 aromatic carbocycles. The molecule has 0 aromatic heterocycles. The first-order valence-corrected chi connectivity index (χ1v) is 32.9. The molecule has 3 rings (SSSR count). The van der Waals surface area contributed by atoms with Gasteiger partial charge in [0.2, 0.25) is 5.91 Å². The maximum Gasteiger partial charge on any atom is 0.220 e. The van der Waals surface area contributed by atoms with Crippen molar-refractivity contribution in [2.45, 2.75) is 356 Å². The number of unbranched alkanes of at least 4 members (excludes halogenated alkanes) is 34. The van der Waals surface area contributed by atoms with E-state index >= 15 is 0 Å². The minimum absolute atomic E-state index is 0.248. The van der Waals surface area contributed by atoms with Crippen molar-refractivity contribution in [2.24, 2.45) is 0 Å². The molecular formula is C63H119NO18. The number of nitrogens with one attached hydrogen (secondary N) is 1. The topological polar surface area (TPSA) is 307 Å². The third kappa shape index (κ3) is 29.5. The molecule has 484 valence electrons. The zero-order valence-electron chi connectivity index (χ0n) is 50.7. The van der Waals surface area contributed by atoms with Gasteiger partial charge in [-0.2, -0.15) is 0 Å². The van der Waals surface area contributed by atoms with Crippen LogP contribution in [0.15, 0.2) is 12.2 Å². The van der Waals surface area contributed by atoms with E-state index < -0.39 is 124 Å². The Morgan fingerprint density at radius 3 is 1.15 bits per heavy atom. The fraction of sp³-hybridized carbons (Fsp3) is 0.952. The highest BCUT2D eigenvalue weighted by molar-refractivity contribution is 5.76. The SMILES string of the molecule is CCCCCCCCCCCCCCCCCCCCCCCCC/C=C/C(O)C(COC1OC(CO)C(OC2OC(CO)C(OC3OC(CO)C(O)C(O)C3O)C(O)C2O)C(O)C1O)NC(=O)CCCCCCCCCCCCCC. The zero-order valence-corrected chi connectivity index (χ0v) is 50.7. The van der Waals surface area contributed by atoms with Crippen LogP contribution in [0.25, 0.3) is 0 Å². The van der Waals surface area contributed by atoms with Crippen molar-refractivity contribution < 1.29 is 89.4 Å². The van der Waals surface area contributed by atoms with Crippen LogP contribution in [0.4, 0.5) is 0 Å². The van der Waals surface area contributed by atoms with Crippen LogP contribution < -0.4 is 5.32 Å². The second-order valence-corrected chi connectivity index (χ2v) is 23.9. The second kappa shape index (κ2) is 46.7. The summed E-state index contributed by atoms with van der Waals surface area (Å²) in [5.41, 5.74) is 0. The van der Waals surface area contributed by atoms with E-state index in [2.05, 4.69) is 19.2 Å². The minimum Gasteiger partial charge on any atom is -0.394 e. The predicted octanol–water partition coefficient (Wildman–Crippen LogP) is 7.33. The Morgan fingerprint density at radius 1 is 0.427 bits per heavy atom. The van der Waals surface area contributed by atoms with Crippen LogP contribution in [0.5, 0.6) is 0 Å². The number of carbonyl (C=O) groups excluding carboxylic acids is 1. The van der Waals surface area contributed by atoms with Gasteiger partial charge in [0.25, 0.3) is 0 Å². The molecule has 3 aliphatic rings. The normalized spacial score (nSPS) is 29.6. The van der Waals surface area contributed by atoms with Crippen molar-refractivity contribution in [1.29, 1.82) is 0 Å². The van der Waals surface area contributed by atoms with Gasteiger partial charge >= 0.3 is 0 Å². The van der Waals surface area contributed by atoms with Crippen LogP contribution in [0, 0.1) is 0 Å². The van der Waals surface area contributed by atoms with E-state index in [-0.39, 0.29) is 18.9 Å². The molecule has 3 aliphatic heterocycles. The largest absolute Gasteiger partial charge is 0.394 e. The molecule has 12 N–H and O–H groups in total. The minimum atomic E-state index is -1.97. The molecule has 3 saturated heterocycles. The third-order valence-corrected chi connectivity index (χ3v) is 16.8. The molecule has 82 heavy (non-hydrogen) atoms. The van der Waals surface area contributed by atoms with Gasteiger partial charge in [-0.3, -0.25) is 4.79 Å². The van der Waals surface area contributed by atoms with Crippen molar-refractivity contribution >= 4 is 5.91 Å². The van der Waals surface area contributed by atoms with Crippen molar-refractivity contribution in [3.05, 3.63) is 12.2 Å². The number of carbonyl (C=O) groups is 1. The monoisotopic (exact) mass is 1180 g/mol. The van der Waals surface area contributed by atoms with E-state index in [9.17, 15) is 61.0 Å².